The maximum Gasteiger partial charge on any atom is 0.313 e. The van der Waals surface area contributed by atoms with E-state index >= 15 is 0 Å². The molecule has 0 bridgehead atoms. The third kappa shape index (κ3) is 5.52. The Labute approximate surface area is 122 Å². The fraction of sp³-hybridized carbons (Fsp3) is 0.538. The summed E-state index contributed by atoms with van der Waals surface area (Å²) in [6, 6.07) is 2.12. The van der Waals surface area contributed by atoms with Crippen molar-refractivity contribution in [3.05, 3.63) is 28.1 Å². The SMILES string of the molecule is COCCOCCCNc1cc(OC)c([N+](=O)[O-])cc1F. The molecule has 0 radical (unpaired) electrons. The molecule has 8 heteroatoms. The summed E-state index contributed by atoms with van der Waals surface area (Å²) in [7, 11) is 2.89. The summed E-state index contributed by atoms with van der Waals surface area (Å²) in [6.45, 7) is 2.03. The smallest absolute Gasteiger partial charge is 0.313 e. The molecule has 0 aliphatic carbocycles. The first kappa shape index (κ1) is 17.1. The molecule has 0 heterocycles. The first-order valence-electron chi connectivity index (χ1n) is 6.42. The van der Waals surface area contributed by atoms with Crippen molar-refractivity contribution in [3.8, 4) is 5.75 Å². The fourth-order valence-electron chi connectivity index (χ4n) is 1.63. The Hall–Kier alpha value is -1.93. The van der Waals surface area contributed by atoms with Crippen LogP contribution < -0.4 is 10.1 Å². The summed E-state index contributed by atoms with van der Waals surface area (Å²) in [4.78, 5) is 10.1. The van der Waals surface area contributed by atoms with Crippen LogP contribution in [0.15, 0.2) is 12.1 Å². The number of nitro benzene ring substituents is 1. The van der Waals surface area contributed by atoms with Crippen molar-refractivity contribution in [1.82, 2.24) is 0 Å². The van der Waals surface area contributed by atoms with Crippen molar-refractivity contribution in [2.45, 2.75) is 6.42 Å². The van der Waals surface area contributed by atoms with Crippen LogP contribution in [0.5, 0.6) is 5.75 Å². The molecule has 0 aliphatic rings. The van der Waals surface area contributed by atoms with Crippen LogP contribution in [0.3, 0.4) is 0 Å². The molecule has 1 N–H and O–H groups in total. The second-order valence-electron chi connectivity index (χ2n) is 4.15. The highest BCUT2D eigenvalue weighted by atomic mass is 19.1. The summed E-state index contributed by atoms with van der Waals surface area (Å²) >= 11 is 0. The van der Waals surface area contributed by atoms with Gasteiger partial charge in [0.05, 0.1) is 37.0 Å². The molecule has 0 atom stereocenters. The van der Waals surface area contributed by atoms with Gasteiger partial charge in [0.2, 0.25) is 0 Å². The molecule has 1 aromatic rings. The van der Waals surface area contributed by atoms with E-state index in [-0.39, 0.29) is 11.4 Å². The van der Waals surface area contributed by atoms with Crippen LogP contribution >= 0.6 is 0 Å². The van der Waals surface area contributed by atoms with Crippen LogP contribution in [-0.2, 0) is 9.47 Å². The highest BCUT2D eigenvalue weighted by Gasteiger charge is 2.18. The van der Waals surface area contributed by atoms with Gasteiger partial charge in [0.15, 0.2) is 11.6 Å². The Bertz CT molecular complexity index is 470. The molecule has 0 aliphatic heterocycles. The van der Waals surface area contributed by atoms with Crippen LogP contribution in [0.1, 0.15) is 6.42 Å². The van der Waals surface area contributed by atoms with E-state index in [0.29, 0.717) is 32.8 Å². The van der Waals surface area contributed by atoms with E-state index in [9.17, 15) is 14.5 Å². The van der Waals surface area contributed by atoms with Gasteiger partial charge in [0, 0.05) is 26.3 Å². The number of nitrogens with zero attached hydrogens (tertiary/aromatic N) is 1. The summed E-state index contributed by atoms with van der Waals surface area (Å²) in [5, 5.41) is 13.6. The third-order valence-corrected chi connectivity index (χ3v) is 2.68. The average Bonchev–Trinajstić information content (AvgIpc) is 2.47. The van der Waals surface area contributed by atoms with Gasteiger partial charge in [0.25, 0.3) is 0 Å². The number of halogens is 1. The zero-order valence-corrected chi connectivity index (χ0v) is 12.1. The van der Waals surface area contributed by atoms with Crippen LogP contribution in [-0.4, -0.2) is 45.5 Å². The van der Waals surface area contributed by atoms with Gasteiger partial charge >= 0.3 is 5.69 Å². The summed E-state index contributed by atoms with van der Waals surface area (Å²) < 4.78 is 28.7. The average molecular weight is 302 g/mol. The highest BCUT2D eigenvalue weighted by Crippen LogP contribution is 2.32. The molecule has 0 spiro atoms. The fourth-order valence-corrected chi connectivity index (χ4v) is 1.63. The number of anilines is 1. The lowest BCUT2D eigenvalue weighted by molar-refractivity contribution is -0.385. The largest absolute Gasteiger partial charge is 0.490 e. The quantitative estimate of drug-likeness (QED) is 0.405. The van der Waals surface area contributed by atoms with Crippen LogP contribution in [0.4, 0.5) is 15.8 Å². The number of hydrogen-bond donors (Lipinski definition) is 1. The Morgan fingerprint density at radius 3 is 2.67 bits per heavy atom. The van der Waals surface area contributed by atoms with Crippen molar-refractivity contribution >= 4 is 11.4 Å². The number of methoxy groups -OCH3 is 2. The van der Waals surface area contributed by atoms with E-state index in [1.54, 1.807) is 7.11 Å². The van der Waals surface area contributed by atoms with Crippen molar-refractivity contribution in [3.63, 3.8) is 0 Å². The van der Waals surface area contributed by atoms with Gasteiger partial charge in [-0.15, -0.1) is 0 Å². The van der Waals surface area contributed by atoms with Crippen LogP contribution in [0, 0.1) is 15.9 Å². The second kappa shape index (κ2) is 9.09. The maximum atomic E-state index is 13.7. The van der Waals surface area contributed by atoms with Gasteiger partial charge in [-0.2, -0.15) is 0 Å². The van der Waals surface area contributed by atoms with Crippen molar-refractivity contribution in [2.75, 3.05) is 45.9 Å². The molecular weight excluding hydrogens is 283 g/mol. The summed E-state index contributed by atoms with van der Waals surface area (Å²) in [6.07, 6.45) is 0.669. The van der Waals surface area contributed by atoms with Crippen molar-refractivity contribution in [2.24, 2.45) is 0 Å². The van der Waals surface area contributed by atoms with E-state index in [2.05, 4.69) is 5.32 Å². The molecule has 1 aromatic carbocycles. The monoisotopic (exact) mass is 302 g/mol. The van der Waals surface area contributed by atoms with Gasteiger partial charge in [-0.3, -0.25) is 10.1 Å². The number of nitro groups is 1. The number of hydrogen-bond acceptors (Lipinski definition) is 6. The first-order valence-corrected chi connectivity index (χ1v) is 6.42. The minimum atomic E-state index is -0.692. The van der Waals surface area contributed by atoms with Crippen LogP contribution in [0.25, 0.3) is 0 Å². The minimum absolute atomic E-state index is 0.0141. The van der Waals surface area contributed by atoms with Crippen LogP contribution in [0.2, 0.25) is 0 Å². The lowest BCUT2D eigenvalue weighted by atomic mass is 10.2. The topological polar surface area (TPSA) is 82.9 Å². The van der Waals surface area contributed by atoms with Gasteiger partial charge in [0.1, 0.15) is 0 Å². The summed E-state index contributed by atoms with van der Waals surface area (Å²) in [5.41, 5.74) is -0.238. The molecule has 0 amide bonds. The second-order valence-corrected chi connectivity index (χ2v) is 4.15. The van der Waals surface area contributed by atoms with E-state index in [1.165, 1.54) is 13.2 Å². The zero-order valence-electron chi connectivity index (χ0n) is 12.1. The Kier molecular flexibility index (Phi) is 7.41. The Morgan fingerprint density at radius 2 is 2.05 bits per heavy atom. The Balaban J connectivity index is 2.50. The molecule has 0 aromatic heterocycles. The Morgan fingerprint density at radius 1 is 1.29 bits per heavy atom. The molecule has 0 fully saturated rings. The molecule has 0 saturated carbocycles. The molecular formula is C13H19FN2O5. The summed E-state index contributed by atoms with van der Waals surface area (Å²) in [5.74, 6) is -0.678. The lowest BCUT2D eigenvalue weighted by Gasteiger charge is -2.10. The number of nitrogens with one attached hydrogen (secondary N) is 1. The molecule has 0 unspecified atom stereocenters. The van der Waals surface area contributed by atoms with Gasteiger partial charge in [-0.05, 0) is 6.42 Å². The minimum Gasteiger partial charge on any atom is -0.490 e. The van der Waals surface area contributed by atoms with E-state index < -0.39 is 16.4 Å². The molecule has 118 valence electrons. The van der Waals surface area contributed by atoms with Crippen molar-refractivity contribution in [1.29, 1.82) is 0 Å². The highest BCUT2D eigenvalue weighted by molar-refractivity contribution is 5.59. The normalized spacial score (nSPS) is 10.4. The zero-order chi connectivity index (χ0) is 15.7. The predicted octanol–water partition coefficient (Wildman–Crippen LogP) is 2.21. The predicted molar refractivity (Wildman–Crippen MR) is 75.4 cm³/mol. The van der Waals surface area contributed by atoms with E-state index in [0.717, 1.165) is 6.07 Å². The number of benzene rings is 1. The molecule has 7 nitrogen and oxygen atoms in total. The molecule has 0 saturated heterocycles. The van der Waals surface area contributed by atoms with Crippen molar-refractivity contribution < 1.29 is 23.5 Å². The molecule has 1 rings (SSSR count). The lowest BCUT2D eigenvalue weighted by Crippen LogP contribution is -2.09. The van der Waals surface area contributed by atoms with E-state index in [1.807, 2.05) is 0 Å². The van der Waals surface area contributed by atoms with E-state index in [4.69, 9.17) is 14.2 Å². The number of rotatable bonds is 10. The van der Waals surface area contributed by atoms with Gasteiger partial charge in [-0.1, -0.05) is 0 Å². The molecule has 21 heavy (non-hydrogen) atoms. The maximum absolute atomic E-state index is 13.7. The van der Waals surface area contributed by atoms with Gasteiger partial charge in [-0.25, -0.2) is 4.39 Å². The number of ether oxygens (including phenoxy) is 3. The standard InChI is InChI=1S/C13H19FN2O5/c1-19-6-7-21-5-3-4-15-11-9-13(20-2)12(16(17)18)8-10(11)14/h8-9,15H,3-7H2,1-2H3. The van der Waals surface area contributed by atoms with Gasteiger partial charge < -0.3 is 19.5 Å². The first-order chi connectivity index (χ1) is 10.1. The third-order valence-electron chi connectivity index (χ3n) is 2.68.